The summed E-state index contributed by atoms with van der Waals surface area (Å²) in [7, 11) is 2.09. The number of benzene rings is 1. The smallest absolute Gasteiger partial charge is 0.326 e. The summed E-state index contributed by atoms with van der Waals surface area (Å²) >= 11 is 0. The van der Waals surface area contributed by atoms with Gasteiger partial charge in [0.2, 0.25) is 0 Å². The van der Waals surface area contributed by atoms with Gasteiger partial charge in [-0.05, 0) is 24.3 Å². The second-order valence-electron chi connectivity index (χ2n) is 5.79. The van der Waals surface area contributed by atoms with Gasteiger partial charge in [0.05, 0.1) is 14.2 Å². The lowest BCUT2D eigenvalue weighted by molar-refractivity contribution is -0.162. The van der Waals surface area contributed by atoms with Gasteiger partial charge in [-0.2, -0.15) is 0 Å². The summed E-state index contributed by atoms with van der Waals surface area (Å²) in [6.45, 7) is 2.53. The van der Waals surface area contributed by atoms with E-state index in [0.717, 1.165) is 14.2 Å². The van der Waals surface area contributed by atoms with E-state index in [1.807, 2.05) is 0 Å². The molecule has 0 bridgehead atoms. The van der Waals surface area contributed by atoms with Gasteiger partial charge in [0.25, 0.3) is 5.91 Å². The standard InChI is InChI=1S/C18H21NO9/c1-9(13(17(24)26-3)18(25)27-4)14(16(22)23)19-15(21)11-5-7-12(8-6-11)28-10(2)20/h5-9,13-14H,1-4H3,(H,19,21)(H,22,23)/t9-,14-/m0/s1. The summed E-state index contributed by atoms with van der Waals surface area (Å²) in [4.78, 5) is 58.7. The predicted octanol–water partition coefficient (Wildman–Crippen LogP) is 0.393. The molecule has 1 amide bonds. The van der Waals surface area contributed by atoms with Crippen LogP contribution in [0.5, 0.6) is 5.75 Å². The lowest BCUT2D eigenvalue weighted by Crippen LogP contribution is -2.50. The Morgan fingerprint density at radius 2 is 1.46 bits per heavy atom. The molecule has 0 aromatic heterocycles. The number of hydrogen-bond acceptors (Lipinski definition) is 8. The minimum Gasteiger partial charge on any atom is -0.480 e. The van der Waals surface area contributed by atoms with Crippen LogP contribution in [0.15, 0.2) is 24.3 Å². The second-order valence-corrected chi connectivity index (χ2v) is 5.79. The lowest BCUT2D eigenvalue weighted by Gasteiger charge is -2.26. The summed E-state index contributed by atoms with van der Waals surface area (Å²) in [5.74, 6) is -7.20. The first-order valence-corrected chi connectivity index (χ1v) is 8.10. The number of esters is 3. The number of carboxylic acids is 1. The summed E-state index contributed by atoms with van der Waals surface area (Å²) < 4.78 is 13.9. The van der Waals surface area contributed by atoms with Gasteiger partial charge in [0, 0.05) is 18.4 Å². The minimum absolute atomic E-state index is 0.0852. The molecule has 0 aliphatic carbocycles. The van der Waals surface area contributed by atoms with Crippen LogP contribution in [-0.4, -0.2) is 55.2 Å². The maximum atomic E-state index is 12.4. The van der Waals surface area contributed by atoms with Crippen LogP contribution in [0.1, 0.15) is 24.2 Å². The van der Waals surface area contributed by atoms with Crippen molar-refractivity contribution in [2.24, 2.45) is 11.8 Å². The Kier molecular flexibility index (Phi) is 8.11. The SMILES string of the molecule is COC(=O)C(C(=O)OC)[C@H](C)[C@H](NC(=O)c1ccc(OC(C)=O)cc1)C(=O)O. The molecule has 28 heavy (non-hydrogen) atoms. The van der Waals surface area contributed by atoms with Crippen molar-refractivity contribution < 1.29 is 43.3 Å². The number of carbonyl (C=O) groups excluding carboxylic acids is 4. The number of carbonyl (C=O) groups is 5. The zero-order chi connectivity index (χ0) is 21.4. The number of hydrogen-bond donors (Lipinski definition) is 2. The molecule has 0 aliphatic heterocycles. The molecule has 10 heteroatoms. The van der Waals surface area contributed by atoms with Crippen molar-refractivity contribution in [3.63, 3.8) is 0 Å². The molecule has 0 unspecified atom stereocenters. The van der Waals surface area contributed by atoms with Gasteiger partial charge in [-0.25, -0.2) is 4.79 Å². The Bertz CT molecular complexity index is 741. The number of rotatable bonds is 8. The van der Waals surface area contributed by atoms with Crippen LogP contribution in [0, 0.1) is 11.8 Å². The Hall–Kier alpha value is -3.43. The van der Waals surface area contributed by atoms with Crippen LogP contribution < -0.4 is 10.1 Å². The van der Waals surface area contributed by atoms with Crippen LogP contribution in [0.2, 0.25) is 0 Å². The fraction of sp³-hybridized carbons (Fsp3) is 0.389. The molecule has 0 spiro atoms. The average Bonchev–Trinajstić information content (AvgIpc) is 2.65. The van der Waals surface area contributed by atoms with Gasteiger partial charge in [0.15, 0.2) is 5.92 Å². The molecule has 0 saturated heterocycles. The third kappa shape index (κ3) is 5.79. The largest absolute Gasteiger partial charge is 0.480 e. The van der Waals surface area contributed by atoms with E-state index in [0.29, 0.717) is 0 Å². The third-order valence-corrected chi connectivity index (χ3v) is 3.89. The topological polar surface area (TPSA) is 145 Å². The van der Waals surface area contributed by atoms with Crippen LogP contribution in [0.4, 0.5) is 0 Å². The van der Waals surface area contributed by atoms with E-state index in [1.165, 1.54) is 38.1 Å². The molecule has 0 aliphatic rings. The van der Waals surface area contributed by atoms with Gasteiger partial charge in [-0.15, -0.1) is 0 Å². The van der Waals surface area contributed by atoms with E-state index in [1.54, 1.807) is 0 Å². The van der Waals surface area contributed by atoms with Gasteiger partial charge in [0.1, 0.15) is 11.8 Å². The van der Waals surface area contributed by atoms with E-state index >= 15 is 0 Å². The maximum Gasteiger partial charge on any atom is 0.326 e. The van der Waals surface area contributed by atoms with Crippen molar-refractivity contribution in [2.75, 3.05) is 14.2 Å². The molecule has 1 aromatic rings. The summed E-state index contributed by atoms with van der Waals surface area (Å²) in [5, 5.41) is 11.7. The molecule has 0 saturated carbocycles. The number of carboxylic acid groups (broad SMARTS) is 1. The zero-order valence-electron chi connectivity index (χ0n) is 15.8. The Morgan fingerprint density at radius 1 is 0.964 bits per heavy atom. The first-order chi connectivity index (χ1) is 13.1. The van der Waals surface area contributed by atoms with E-state index in [-0.39, 0.29) is 11.3 Å². The molecular formula is C18H21NO9. The van der Waals surface area contributed by atoms with Crippen molar-refractivity contribution in [1.29, 1.82) is 0 Å². The van der Waals surface area contributed by atoms with Gasteiger partial charge >= 0.3 is 23.9 Å². The molecule has 2 atom stereocenters. The zero-order valence-corrected chi connectivity index (χ0v) is 15.8. The number of nitrogens with one attached hydrogen (secondary N) is 1. The molecular weight excluding hydrogens is 374 g/mol. The third-order valence-electron chi connectivity index (χ3n) is 3.89. The molecule has 0 fully saturated rings. The van der Waals surface area contributed by atoms with Crippen molar-refractivity contribution in [3.05, 3.63) is 29.8 Å². The first-order valence-electron chi connectivity index (χ1n) is 8.10. The highest BCUT2D eigenvalue weighted by Crippen LogP contribution is 2.20. The van der Waals surface area contributed by atoms with E-state index in [9.17, 15) is 29.1 Å². The molecule has 10 nitrogen and oxygen atoms in total. The summed E-state index contributed by atoms with van der Waals surface area (Å²) in [6.07, 6.45) is 0. The molecule has 0 radical (unpaired) electrons. The van der Waals surface area contributed by atoms with Crippen LogP contribution in [0.3, 0.4) is 0 Å². The molecule has 1 rings (SSSR count). The monoisotopic (exact) mass is 395 g/mol. The fourth-order valence-corrected chi connectivity index (χ4v) is 2.45. The Labute approximate surface area is 160 Å². The molecule has 0 heterocycles. The number of ether oxygens (including phenoxy) is 3. The number of amides is 1. The Morgan fingerprint density at radius 3 is 1.86 bits per heavy atom. The Balaban J connectivity index is 3.03. The minimum atomic E-state index is -1.58. The predicted molar refractivity (Wildman–Crippen MR) is 93.3 cm³/mol. The quantitative estimate of drug-likeness (QED) is 0.363. The van der Waals surface area contributed by atoms with Crippen LogP contribution in [-0.2, 0) is 28.7 Å². The van der Waals surface area contributed by atoms with Crippen LogP contribution >= 0.6 is 0 Å². The van der Waals surface area contributed by atoms with Crippen molar-refractivity contribution in [2.45, 2.75) is 19.9 Å². The van der Waals surface area contributed by atoms with Crippen molar-refractivity contribution in [1.82, 2.24) is 5.32 Å². The first kappa shape index (κ1) is 22.6. The maximum absolute atomic E-state index is 12.4. The van der Waals surface area contributed by atoms with Gasteiger partial charge in [-0.3, -0.25) is 19.2 Å². The number of methoxy groups -OCH3 is 2. The van der Waals surface area contributed by atoms with Gasteiger partial charge < -0.3 is 24.6 Å². The van der Waals surface area contributed by atoms with E-state index in [4.69, 9.17) is 4.74 Å². The highest BCUT2D eigenvalue weighted by Gasteiger charge is 2.42. The average molecular weight is 395 g/mol. The lowest BCUT2D eigenvalue weighted by atomic mass is 9.87. The molecule has 152 valence electrons. The highest BCUT2D eigenvalue weighted by molar-refractivity contribution is 5.98. The van der Waals surface area contributed by atoms with E-state index < -0.39 is 47.7 Å². The van der Waals surface area contributed by atoms with Crippen molar-refractivity contribution >= 4 is 29.8 Å². The summed E-state index contributed by atoms with van der Waals surface area (Å²) in [5.41, 5.74) is 0.0852. The number of aliphatic carboxylic acids is 1. The summed E-state index contributed by atoms with van der Waals surface area (Å²) in [6, 6.07) is 3.80. The van der Waals surface area contributed by atoms with Gasteiger partial charge in [-0.1, -0.05) is 6.92 Å². The fourth-order valence-electron chi connectivity index (χ4n) is 2.45. The second kappa shape index (κ2) is 10.0. The highest BCUT2D eigenvalue weighted by atomic mass is 16.5. The molecule has 2 N–H and O–H groups in total. The van der Waals surface area contributed by atoms with Crippen LogP contribution in [0.25, 0.3) is 0 Å². The normalized spacial score (nSPS) is 12.5. The van der Waals surface area contributed by atoms with Crippen molar-refractivity contribution in [3.8, 4) is 5.75 Å². The molecule has 1 aromatic carbocycles. The van der Waals surface area contributed by atoms with E-state index in [2.05, 4.69) is 14.8 Å².